The summed E-state index contributed by atoms with van der Waals surface area (Å²) >= 11 is 3.45. The molecule has 0 N–H and O–H groups in total. The number of rotatable bonds is 5. The van der Waals surface area contributed by atoms with Crippen LogP contribution in [0, 0.1) is 0 Å². The lowest BCUT2D eigenvalue weighted by Crippen LogP contribution is -2.05. The van der Waals surface area contributed by atoms with Crippen molar-refractivity contribution in [2.45, 2.75) is 25.9 Å². The van der Waals surface area contributed by atoms with Crippen LogP contribution >= 0.6 is 15.9 Å². The number of fused-ring (bicyclic) bond motifs is 1. The Hall–Kier alpha value is -1.60. The van der Waals surface area contributed by atoms with Crippen molar-refractivity contribution < 1.29 is 18.6 Å². The standard InChI is InChI=1S/C14H15BrN2O4/c1-8(18-2)3-4-12-16-17-14(21-12)9-5-10(15)13-11(6-9)19-7-20-13/h5-6,8H,3-4,7H2,1-2H3. The van der Waals surface area contributed by atoms with Crippen LogP contribution in [-0.4, -0.2) is 30.2 Å². The smallest absolute Gasteiger partial charge is 0.247 e. The van der Waals surface area contributed by atoms with Gasteiger partial charge in [0.25, 0.3) is 0 Å². The number of nitrogens with zero attached hydrogens (tertiary/aromatic N) is 2. The van der Waals surface area contributed by atoms with Gasteiger partial charge in [0.1, 0.15) is 0 Å². The molecule has 1 atom stereocenters. The van der Waals surface area contributed by atoms with E-state index in [0.717, 1.165) is 16.5 Å². The predicted octanol–water partition coefficient (Wildman–Crippen LogP) is 3.20. The molecule has 21 heavy (non-hydrogen) atoms. The van der Waals surface area contributed by atoms with E-state index in [0.29, 0.717) is 29.7 Å². The fourth-order valence-electron chi connectivity index (χ4n) is 2.01. The van der Waals surface area contributed by atoms with Crippen LogP contribution in [0.25, 0.3) is 11.5 Å². The molecule has 1 unspecified atom stereocenters. The zero-order chi connectivity index (χ0) is 14.8. The SMILES string of the molecule is COC(C)CCc1nnc(-c2cc(Br)c3c(c2)OCO3)o1. The highest BCUT2D eigenvalue weighted by atomic mass is 79.9. The van der Waals surface area contributed by atoms with Crippen LogP contribution in [0.1, 0.15) is 19.2 Å². The highest BCUT2D eigenvalue weighted by Crippen LogP contribution is 2.42. The van der Waals surface area contributed by atoms with E-state index in [2.05, 4.69) is 26.1 Å². The molecular weight excluding hydrogens is 340 g/mol. The van der Waals surface area contributed by atoms with Gasteiger partial charge in [0.2, 0.25) is 18.6 Å². The van der Waals surface area contributed by atoms with E-state index in [-0.39, 0.29) is 12.9 Å². The monoisotopic (exact) mass is 354 g/mol. The van der Waals surface area contributed by atoms with E-state index in [9.17, 15) is 0 Å². The van der Waals surface area contributed by atoms with Crippen LogP contribution in [0.3, 0.4) is 0 Å². The van der Waals surface area contributed by atoms with Crippen LogP contribution < -0.4 is 9.47 Å². The Morgan fingerprint density at radius 3 is 3.00 bits per heavy atom. The molecule has 6 nitrogen and oxygen atoms in total. The zero-order valence-electron chi connectivity index (χ0n) is 11.8. The fraction of sp³-hybridized carbons (Fsp3) is 0.429. The maximum atomic E-state index is 5.68. The van der Waals surface area contributed by atoms with E-state index in [1.54, 1.807) is 7.11 Å². The second-order valence-corrected chi connectivity index (χ2v) is 5.63. The fourth-order valence-corrected chi connectivity index (χ4v) is 2.56. The van der Waals surface area contributed by atoms with Gasteiger partial charge in [-0.1, -0.05) is 0 Å². The normalized spacial score (nSPS) is 14.4. The molecule has 112 valence electrons. The Morgan fingerprint density at radius 2 is 2.19 bits per heavy atom. The molecule has 7 heteroatoms. The van der Waals surface area contributed by atoms with Gasteiger partial charge in [-0.25, -0.2) is 0 Å². The summed E-state index contributed by atoms with van der Waals surface area (Å²) in [5.41, 5.74) is 0.796. The molecule has 0 bridgehead atoms. The largest absolute Gasteiger partial charge is 0.454 e. The number of hydrogen-bond acceptors (Lipinski definition) is 6. The van der Waals surface area contributed by atoms with E-state index in [4.69, 9.17) is 18.6 Å². The highest BCUT2D eigenvalue weighted by molar-refractivity contribution is 9.10. The molecule has 1 aromatic carbocycles. The molecule has 1 aromatic heterocycles. The Balaban J connectivity index is 1.79. The summed E-state index contributed by atoms with van der Waals surface area (Å²) in [5.74, 6) is 2.44. The average Bonchev–Trinajstić information content (AvgIpc) is 3.13. The van der Waals surface area contributed by atoms with Gasteiger partial charge in [0.15, 0.2) is 11.5 Å². The molecule has 2 aromatic rings. The Kier molecular flexibility index (Phi) is 4.12. The van der Waals surface area contributed by atoms with Crippen molar-refractivity contribution in [3.63, 3.8) is 0 Å². The molecule has 0 fully saturated rings. The maximum Gasteiger partial charge on any atom is 0.247 e. The molecule has 0 radical (unpaired) electrons. The van der Waals surface area contributed by atoms with Crippen molar-refractivity contribution in [1.82, 2.24) is 10.2 Å². The first-order valence-corrected chi connectivity index (χ1v) is 7.41. The van der Waals surface area contributed by atoms with Crippen LogP contribution in [0.4, 0.5) is 0 Å². The van der Waals surface area contributed by atoms with Gasteiger partial charge in [-0.2, -0.15) is 0 Å². The lowest BCUT2D eigenvalue weighted by Gasteiger charge is -2.05. The van der Waals surface area contributed by atoms with Crippen molar-refractivity contribution in [2.75, 3.05) is 13.9 Å². The molecular formula is C14H15BrN2O4. The summed E-state index contributed by atoms with van der Waals surface area (Å²) in [6.45, 7) is 2.23. The van der Waals surface area contributed by atoms with Crippen molar-refractivity contribution in [2.24, 2.45) is 0 Å². The molecule has 3 rings (SSSR count). The summed E-state index contributed by atoms with van der Waals surface area (Å²) in [6, 6.07) is 3.71. The Labute approximate surface area is 130 Å². The van der Waals surface area contributed by atoms with Crippen LogP contribution in [0.2, 0.25) is 0 Å². The molecule has 1 aliphatic rings. The highest BCUT2D eigenvalue weighted by Gasteiger charge is 2.20. The number of hydrogen-bond donors (Lipinski definition) is 0. The van der Waals surface area contributed by atoms with Crippen LogP contribution in [0.5, 0.6) is 11.5 Å². The van der Waals surface area contributed by atoms with Crippen LogP contribution in [-0.2, 0) is 11.2 Å². The molecule has 1 aliphatic heterocycles. The summed E-state index contributed by atoms with van der Waals surface area (Å²) in [7, 11) is 1.69. The van der Waals surface area contributed by atoms with Gasteiger partial charge in [0.05, 0.1) is 10.6 Å². The Morgan fingerprint density at radius 1 is 1.33 bits per heavy atom. The van der Waals surface area contributed by atoms with Crippen molar-refractivity contribution >= 4 is 15.9 Å². The summed E-state index contributed by atoms with van der Waals surface area (Å²) < 4.78 is 22.4. The predicted molar refractivity (Wildman–Crippen MR) is 78.3 cm³/mol. The van der Waals surface area contributed by atoms with Gasteiger partial charge < -0.3 is 18.6 Å². The minimum Gasteiger partial charge on any atom is -0.454 e. The van der Waals surface area contributed by atoms with E-state index in [1.165, 1.54) is 0 Å². The van der Waals surface area contributed by atoms with Gasteiger partial charge in [-0.05, 0) is 41.4 Å². The lowest BCUT2D eigenvalue weighted by atomic mass is 10.2. The van der Waals surface area contributed by atoms with Crippen molar-refractivity contribution in [3.05, 3.63) is 22.5 Å². The molecule has 0 saturated heterocycles. The summed E-state index contributed by atoms with van der Waals surface area (Å²) in [4.78, 5) is 0. The first-order chi connectivity index (χ1) is 10.2. The van der Waals surface area contributed by atoms with E-state index >= 15 is 0 Å². The van der Waals surface area contributed by atoms with Crippen molar-refractivity contribution in [1.29, 1.82) is 0 Å². The average molecular weight is 355 g/mol. The van der Waals surface area contributed by atoms with Gasteiger partial charge in [-0.3, -0.25) is 0 Å². The third kappa shape index (κ3) is 3.03. The minimum atomic E-state index is 0.167. The number of ether oxygens (including phenoxy) is 3. The zero-order valence-corrected chi connectivity index (χ0v) is 13.3. The molecule has 0 aliphatic carbocycles. The third-order valence-electron chi connectivity index (χ3n) is 3.31. The van der Waals surface area contributed by atoms with Crippen LogP contribution in [0.15, 0.2) is 21.0 Å². The van der Waals surface area contributed by atoms with Crippen molar-refractivity contribution in [3.8, 4) is 23.0 Å². The number of halogens is 1. The summed E-state index contributed by atoms with van der Waals surface area (Å²) in [5, 5.41) is 8.14. The quantitative estimate of drug-likeness (QED) is 0.821. The van der Waals surface area contributed by atoms with E-state index < -0.39 is 0 Å². The lowest BCUT2D eigenvalue weighted by molar-refractivity contribution is 0.109. The number of aromatic nitrogens is 2. The topological polar surface area (TPSA) is 66.6 Å². The van der Waals surface area contributed by atoms with Gasteiger partial charge in [0, 0.05) is 19.1 Å². The molecule has 0 saturated carbocycles. The number of methoxy groups -OCH3 is 1. The maximum absolute atomic E-state index is 5.68. The number of aryl methyl sites for hydroxylation is 1. The molecule has 0 spiro atoms. The molecule has 2 heterocycles. The summed E-state index contributed by atoms with van der Waals surface area (Å²) in [6.07, 6.45) is 1.69. The second-order valence-electron chi connectivity index (χ2n) is 4.78. The second kappa shape index (κ2) is 6.03. The third-order valence-corrected chi connectivity index (χ3v) is 3.90. The minimum absolute atomic E-state index is 0.167. The first-order valence-electron chi connectivity index (χ1n) is 6.62. The number of benzene rings is 1. The van der Waals surface area contributed by atoms with Gasteiger partial charge >= 0.3 is 0 Å². The first kappa shape index (κ1) is 14.3. The Bertz CT molecular complexity index is 644. The molecule has 0 amide bonds. The van der Waals surface area contributed by atoms with E-state index in [1.807, 2.05) is 19.1 Å². The van der Waals surface area contributed by atoms with Gasteiger partial charge in [-0.15, -0.1) is 10.2 Å².